The van der Waals surface area contributed by atoms with Crippen LogP contribution in [0.2, 0.25) is 5.02 Å². The van der Waals surface area contributed by atoms with Crippen molar-refractivity contribution in [2.45, 2.75) is 16.7 Å². The molecule has 2 rings (SSSR count). The Balaban J connectivity index is 2.16. The van der Waals surface area contributed by atoms with E-state index in [1.54, 1.807) is 11.8 Å². The van der Waals surface area contributed by atoms with Crippen molar-refractivity contribution in [2.75, 3.05) is 12.4 Å². The first kappa shape index (κ1) is 12.3. The molecular formula is C14H14ClNS. The lowest BCUT2D eigenvalue weighted by molar-refractivity contribution is 1.34. The van der Waals surface area contributed by atoms with Gasteiger partial charge in [0.1, 0.15) is 0 Å². The van der Waals surface area contributed by atoms with Gasteiger partial charge in [-0.05, 0) is 55.0 Å². The lowest BCUT2D eigenvalue weighted by Crippen LogP contribution is -1.86. The first-order chi connectivity index (χ1) is 8.19. The zero-order chi connectivity index (χ0) is 12.3. The van der Waals surface area contributed by atoms with Gasteiger partial charge in [0.25, 0.3) is 0 Å². The van der Waals surface area contributed by atoms with Gasteiger partial charge in [0.2, 0.25) is 0 Å². The van der Waals surface area contributed by atoms with Gasteiger partial charge in [-0.15, -0.1) is 0 Å². The highest BCUT2D eigenvalue weighted by Gasteiger charge is 2.00. The van der Waals surface area contributed by atoms with E-state index >= 15 is 0 Å². The minimum absolute atomic E-state index is 0.819. The Morgan fingerprint density at radius 1 is 1.00 bits per heavy atom. The fourth-order valence-corrected chi connectivity index (χ4v) is 2.54. The molecule has 2 aromatic rings. The second-order valence-corrected chi connectivity index (χ2v) is 5.34. The van der Waals surface area contributed by atoms with Crippen molar-refractivity contribution in [3.8, 4) is 0 Å². The van der Waals surface area contributed by atoms with Crippen molar-refractivity contribution in [3.63, 3.8) is 0 Å². The van der Waals surface area contributed by atoms with Crippen LogP contribution < -0.4 is 5.32 Å². The summed E-state index contributed by atoms with van der Waals surface area (Å²) in [5, 5.41) is 3.93. The molecule has 17 heavy (non-hydrogen) atoms. The molecule has 0 unspecified atom stereocenters. The maximum absolute atomic E-state index is 6.01. The van der Waals surface area contributed by atoms with Gasteiger partial charge in [-0.25, -0.2) is 0 Å². The Hall–Kier alpha value is -1.12. The van der Waals surface area contributed by atoms with E-state index < -0.39 is 0 Å². The number of rotatable bonds is 3. The molecule has 0 saturated heterocycles. The normalized spacial score (nSPS) is 10.3. The third-order valence-electron chi connectivity index (χ3n) is 2.51. The molecule has 0 aromatic heterocycles. The van der Waals surface area contributed by atoms with Crippen LogP contribution in [0.25, 0.3) is 0 Å². The average molecular weight is 264 g/mol. The smallest absolute Gasteiger partial charge is 0.0435 e. The number of anilines is 1. The van der Waals surface area contributed by atoms with E-state index in [9.17, 15) is 0 Å². The summed E-state index contributed by atoms with van der Waals surface area (Å²) in [5.41, 5.74) is 2.24. The highest BCUT2D eigenvalue weighted by molar-refractivity contribution is 7.99. The van der Waals surface area contributed by atoms with Gasteiger partial charge >= 0.3 is 0 Å². The minimum Gasteiger partial charge on any atom is -0.388 e. The van der Waals surface area contributed by atoms with Gasteiger partial charge < -0.3 is 5.32 Å². The summed E-state index contributed by atoms with van der Waals surface area (Å²) >= 11 is 7.75. The van der Waals surface area contributed by atoms with Crippen LogP contribution in [0.5, 0.6) is 0 Å². The summed E-state index contributed by atoms with van der Waals surface area (Å²) in [5.74, 6) is 0. The molecule has 88 valence electrons. The molecule has 0 radical (unpaired) electrons. The Bertz CT molecular complexity index is 508. The molecule has 1 N–H and O–H groups in total. The lowest BCUT2D eigenvalue weighted by Gasteiger charge is -2.05. The van der Waals surface area contributed by atoms with Gasteiger partial charge in [-0.3, -0.25) is 0 Å². The molecule has 0 bridgehead atoms. The highest BCUT2D eigenvalue weighted by Crippen LogP contribution is 2.30. The molecule has 1 nitrogen and oxygen atoms in total. The molecule has 0 saturated carbocycles. The number of hydrogen-bond donors (Lipinski definition) is 1. The van der Waals surface area contributed by atoms with Crippen molar-refractivity contribution in [1.29, 1.82) is 0 Å². The van der Waals surface area contributed by atoms with Gasteiger partial charge in [-0.1, -0.05) is 23.4 Å². The molecule has 2 aromatic carbocycles. The molecule has 3 heteroatoms. The van der Waals surface area contributed by atoms with E-state index in [-0.39, 0.29) is 0 Å². The van der Waals surface area contributed by atoms with Gasteiger partial charge in [-0.2, -0.15) is 0 Å². The monoisotopic (exact) mass is 263 g/mol. The molecular weight excluding hydrogens is 250 g/mol. The van der Waals surface area contributed by atoms with Gasteiger partial charge in [0.05, 0.1) is 0 Å². The zero-order valence-corrected chi connectivity index (χ0v) is 11.4. The van der Waals surface area contributed by atoms with Crippen LogP contribution >= 0.6 is 23.4 Å². The summed E-state index contributed by atoms with van der Waals surface area (Å²) < 4.78 is 0. The Morgan fingerprint density at radius 2 is 1.65 bits per heavy atom. The van der Waals surface area contributed by atoms with Crippen molar-refractivity contribution in [3.05, 3.63) is 53.1 Å². The average Bonchev–Trinajstić information content (AvgIpc) is 2.35. The molecule has 0 amide bonds. The molecule has 0 aliphatic heterocycles. The van der Waals surface area contributed by atoms with Crippen molar-refractivity contribution in [1.82, 2.24) is 0 Å². The van der Waals surface area contributed by atoms with E-state index in [2.05, 4.69) is 35.6 Å². The predicted molar refractivity (Wildman–Crippen MR) is 76.3 cm³/mol. The topological polar surface area (TPSA) is 12.0 Å². The third-order valence-corrected chi connectivity index (χ3v) is 3.93. The van der Waals surface area contributed by atoms with Crippen LogP contribution in [-0.2, 0) is 0 Å². The van der Waals surface area contributed by atoms with E-state index in [0.29, 0.717) is 0 Å². The first-order valence-electron chi connectivity index (χ1n) is 5.41. The number of aryl methyl sites for hydroxylation is 1. The number of hydrogen-bond acceptors (Lipinski definition) is 2. The summed E-state index contributed by atoms with van der Waals surface area (Å²) in [7, 11) is 1.92. The van der Waals surface area contributed by atoms with Crippen LogP contribution in [0.4, 0.5) is 5.69 Å². The maximum atomic E-state index is 6.01. The first-order valence-corrected chi connectivity index (χ1v) is 6.60. The molecule has 0 aliphatic rings. The van der Waals surface area contributed by atoms with Crippen LogP contribution in [0.15, 0.2) is 52.3 Å². The van der Waals surface area contributed by atoms with E-state index in [1.165, 1.54) is 9.79 Å². The highest BCUT2D eigenvalue weighted by atomic mass is 35.5. The number of nitrogens with one attached hydrogen (secondary N) is 1. The van der Waals surface area contributed by atoms with Crippen molar-refractivity contribution < 1.29 is 0 Å². The standard InChI is InChI=1S/C14H14ClNS/c1-10-9-13(7-8-14(10)15)17-12-5-3-11(16-2)4-6-12/h3-9,16H,1-2H3. The molecule has 0 aliphatic carbocycles. The van der Waals surface area contributed by atoms with Crippen LogP contribution in [0, 0.1) is 6.92 Å². The number of benzene rings is 2. The number of halogens is 1. The van der Waals surface area contributed by atoms with E-state index in [1.807, 2.05) is 26.1 Å². The fourth-order valence-electron chi connectivity index (χ4n) is 1.51. The largest absolute Gasteiger partial charge is 0.388 e. The third kappa shape index (κ3) is 3.18. The van der Waals surface area contributed by atoms with Gasteiger partial charge in [0.15, 0.2) is 0 Å². The Morgan fingerprint density at radius 3 is 2.24 bits per heavy atom. The van der Waals surface area contributed by atoms with Gasteiger partial charge in [0, 0.05) is 27.5 Å². The summed E-state index contributed by atoms with van der Waals surface area (Å²) in [6.07, 6.45) is 0. The van der Waals surface area contributed by atoms with Crippen LogP contribution in [0.3, 0.4) is 0 Å². The Labute approximate surface area is 111 Å². The molecule has 0 spiro atoms. The van der Waals surface area contributed by atoms with Crippen LogP contribution in [-0.4, -0.2) is 7.05 Å². The second kappa shape index (κ2) is 5.48. The summed E-state index contributed by atoms with van der Waals surface area (Å²) in [6.45, 7) is 2.02. The van der Waals surface area contributed by atoms with E-state index in [4.69, 9.17) is 11.6 Å². The summed E-state index contributed by atoms with van der Waals surface area (Å²) in [4.78, 5) is 2.44. The minimum atomic E-state index is 0.819. The predicted octanol–water partition coefficient (Wildman–Crippen LogP) is 4.84. The lowest BCUT2D eigenvalue weighted by atomic mass is 10.2. The summed E-state index contributed by atoms with van der Waals surface area (Å²) in [6, 6.07) is 14.5. The maximum Gasteiger partial charge on any atom is 0.0435 e. The fraction of sp³-hybridized carbons (Fsp3) is 0.143. The van der Waals surface area contributed by atoms with Crippen molar-refractivity contribution in [2.24, 2.45) is 0 Å². The molecule has 0 fully saturated rings. The zero-order valence-electron chi connectivity index (χ0n) is 9.83. The van der Waals surface area contributed by atoms with Crippen molar-refractivity contribution >= 4 is 29.1 Å². The molecule has 0 atom stereocenters. The van der Waals surface area contributed by atoms with E-state index in [0.717, 1.165) is 16.3 Å². The SMILES string of the molecule is CNc1ccc(Sc2ccc(Cl)c(C)c2)cc1. The molecule has 0 heterocycles. The second-order valence-electron chi connectivity index (χ2n) is 3.79. The Kier molecular flexibility index (Phi) is 3.97. The quantitative estimate of drug-likeness (QED) is 0.850. The van der Waals surface area contributed by atoms with Crippen LogP contribution in [0.1, 0.15) is 5.56 Å².